The third-order valence-electron chi connectivity index (χ3n) is 6.32. The lowest BCUT2D eigenvalue weighted by Crippen LogP contribution is -2.11. The largest absolute Gasteiger partial charge is 0.420 e. The van der Waals surface area contributed by atoms with E-state index in [1.165, 1.54) is 10.5 Å². The van der Waals surface area contributed by atoms with E-state index in [-0.39, 0.29) is 22.3 Å². The molecule has 5 aromatic rings. The molecular formula is C25H19F4N5. The van der Waals surface area contributed by atoms with Crippen LogP contribution < -0.4 is 0 Å². The topological polar surface area (TPSA) is 48.0 Å². The SMILES string of the molecule is Cc1ccc(-n2ccc3cc(-c4ccn5c(CC6CC6)nnc5c4C(F)(F)F)cc(F)c32)cn1. The minimum atomic E-state index is -4.69. The third-order valence-corrected chi connectivity index (χ3v) is 6.32. The van der Waals surface area contributed by atoms with Crippen LogP contribution in [0.2, 0.25) is 0 Å². The molecule has 0 spiro atoms. The van der Waals surface area contributed by atoms with E-state index in [2.05, 4.69) is 15.2 Å². The van der Waals surface area contributed by atoms with Crippen molar-refractivity contribution in [2.45, 2.75) is 32.4 Å². The van der Waals surface area contributed by atoms with E-state index >= 15 is 4.39 Å². The number of aryl methyl sites for hydroxylation is 1. The quantitative estimate of drug-likeness (QED) is 0.299. The molecule has 0 N–H and O–H groups in total. The monoisotopic (exact) mass is 465 g/mol. The van der Waals surface area contributed by atoms with Crippen LogP contribution in [0.5, 0.6) is 0 Å². The van der Waals surface area contributed by atoms with Crippen molar-refractivity contribution in [2.24, 2.45) is 5.92 Å². The summed E-state index contributed by atoms with van der Waals surface area (Å²) in [7, 11) is 0. The molecule has 0 atom stereocenters. The van der Waals surface area contributed by atoms with E-state index < -0.39 is 17.6 Å². The number of nitrogens with zero attached hydrogens (tertiary/aromatic N) is 5. The lowest BCUT2D eigenvalue weighted by Gasteiger charge is -2.15. The standard InChI is InChI=1S/C25H19F4N5/c1-14-2-5-18(13-30-14)33-8-6-16-11-17(12-20(26)23(16)33)19-7-9-34-21(10-15-3-4-15)31-32-24(34)22(19)25(27,28)29/h2,5-9,11-13,15H,3-4,10H2,1H3. The molecule has 9 heteroatoms. The molecular weight excluding hydrogens is 446 g/mol. The zero-order valence-corrected chi connectivity index (χ0v) is 18.1. The summed E-state index contributed by atoms with van der Waals surface area (Å²) in [6.45, 7) is 1.85. The van der Waals surface area contributed by atoms with Crippen molar-refractivity contribution in [2.75, 3.05) is 0 Å². The molecule has 4 aromatic heterocycles. The van der Waals surface area contributed by atoms with Crippen LogP contribution in [-0.4, -0.2) is 24.1 Å². The summed E-state index contributed by atoms with van der Waals surface area (Å²) in [5, 5.41) is 8.39. The van der Waals surface area contributed by atoms with Gasteiger partial charge in [-0.05, 0) is 73.2 Å². The van der Waals surface area contributed by atoms with Crippen LogP contribution in [0, 0.1) is 18.7 Å². The van der Waals surface area contributed by atoms with Crippen LogP contribution in [0.4, 0.5) is 17.6 Å². The maximum absolute atomic E-state index is 15.3. The van der Waals surface area contributed by atoms with Gasteiger partial charge < -0.3 is 4.57 Å². The molecule has 172 valence electrons. The first-order chi connectivity index (χ1) is 16.3. The Hall–Kier alpha value is -3.75. The van der Waals surface area contributed by atoms with E-state index in [1.807, 2.05) is 19.1 Å². The lowest BCUT2D eigenvalue weighted by molar-refractivity contribution is -0.136. The summed E-state index contributed by atoms with van der Waals surface area (Å²) in [4.78, 5) is 4.24. The van der Waals surface area contributed by atoms with Gasteiger partial charge in [-0.15, -0.1) is 10.2 Å². The predicted molar refractivity (Wildman–Crippen MR) is 119 cm³/mol. The zero-order valence-electron chi connectivity index (χ0n) is 18.1. The number of benzene rings is 1. The van der Waals surface area contributed by atoms with Crippen molar-refractivity contribution in [1.29, 1.82) is 0 Å². The zero-order chi connectivity index (χ0) is 23.6. The maximum Gasteiger partial charge on any atom is 0.420 e. The Morgan fingerprint density at radius 3 is 2.56 bits per heavy atom. The van der Waals surface area contributed by atoms with E-state index in [4.69, 9.17) is 0 Å². The van der Waals surface area contributed by atoms with Crippen molar-refractivity contribution in [3.8, 4) is 16.8 Å². The summed E-state index contributed by atoms with van der Waals surface area (Å²) < 4.78 is 61.1. The number of aromatic nitrogens is 5. The Morgan fingerprint density at radius 2 is 1.85 bits per heavy atom. The van der Waals surface area contributed by atoms with Gasteiger partial charge in [0.15, 0.2) is 5.65 Å². The summed E-state index contributed by atoms with van der Waals surface area (Å²) in [6.07, 6.45) is 2.87. The summed E-state index contributed by atoms with van der Waals surface area (Å²) >= 11 is 0. The van der Waals surface area contributed by atoms with Gasteiger partial charge in [0.2, 0.25) is 0 Å². The lowest BCUT2D eigenvalue weighted by atomic mass is 9.99. The Bertz CT molecular complexity index is 1540. The molecule has 1 aliphatic rings. The van der Waals surface area contributed by atoms with Gasteiger partial charge in [-0.25, -0.2) is 4.39 Å². The average Bonchev–Trinajstić information content (AvgIpc) is 3.36. The molecule has 0 radical (unpaired) electrons. The minimum Gasteiger partial charge on any atom is -0.312 e. The first kappa shape index (κ1) is 20.8. The highest BCUT2D eigenvalue weighted by molar-refractivity contribution is 5.89. The number of hydrogen-bond donors (Lipinski definition) is 0. The summed E-state index contributed by atoms with van der Waals surface area (Å²) in [5.41, 5.74) is 0.596. The Kier molecular flexibility index (Phi) is 4.52. The van der Waals surface area contributed by atoms with E-state index in [0.717, 1.165) is 24.6 Å². The molecule has 6 rings (SSSR count). The number of fused-ring (bicyclic) bond motifs is 2. The summed E-state index contributed by atoms with van der Waals surface area (Å²) in [5.74, 6) is 0.340. The van der Waals surface area contributed by atoms with Crippen molar-refractivity contribution < 1.29 is 17.6 Å². The third kappa shape index (κ3) is 3.43. The van der Waals surface area contributed by atoms with Crippen LogP contribution in [0.15, 0.2) is 55.0 Å². The highest BCUT2D eigenvalue weighted by atomic mass is 19.4. The second-order valence-corrected chi connectivity index (χ2v) is 8.80. The molecule has 34 heavy (non-hydrogen) atoms. The molecule has 5 nitrogen and oxygen atoms in total. The fourth-order valence-electron chi connectivity index (χ4n) is 4.45. The van der Waals surface area contributed by atoms with E-state index in [1.54, 1.807) is 35.3 Å². The number of alkyl halides is 3. The Morgan fingerprint density at radius 1 is 1.03 bits per heavy atom. The van der Waals surface area contributed by atoms with Crippen LogP contribution in [0.1, 0.15) is 29.9 Å². The minimum absolute atomic E-state index is 0.129. The molecule has 1 saturated carbocycles. The number of pyridine rings is 2. The molecule has 1 aliphatic carbocycles. The van der Waals surface area contributed by atoms with E-state index in [9.17, 15) is 13.2 Å². The molecule has 0 aliphatic heterocycles. The predicted octanol–water partition coefficient (Wildman–Crippen LogP) is 6.15. The van der Waals surface area contributed by atoms with Crippen molar-refractivity contribution in [1.82, 2.24) is 24.1 Å². The highest BCUT2D eigenvalue weighted by Crippen LogP contribution is 2.41. The highest BCUT2D eigenvalue weighted by Gasteiger charge is 2.38. The molecule has 0 amide bonds. The van der Waals surface area contributed by atoms with Crippen molar-refractivity contribution >= 4 is 16.6 Å². The van der Waals surface area contributed by atoms with Crippen LogP contribution in [-0.2, 0) is 12.6 Å². The van der Waals surface area contributed by atoms with Gasteiger partial charge in [-0.1, -0.05) is 0 Å². The molecule has 0 unspecified atom stereocenters. The van der Waals surface area contributed by atoms with Gasteiger partial charge >= 0.3 is 6.18 Å². The van der Waals surface area contributed by atoms with Crippen LogP contribution >= 0.6 is 0 Å². The Balaban J connectivity index is 1.52. The van der Waals surface area contributed by atoms with Gasteiger partial charge in [0, 0.05) is 29.9 Å². The van der Waals surface area contributed by atoms with Crippen LogP contribution in [0.3, 0.4) is 0 Å². The van der Waals surface area contributed by atoms with Gasteiger partial charge in [0.1, 0.15) is 17.2 Å². The molecule has 1 aromatic carbocycles. The Labute approximate surface area is 191 Å². The fourth-order valence-corrected chi connectivity index (χ4v) is 4.45. The van der Waals surface area contributed by atoms with Gasteiger partial charge in [-0.3, -0.25) is 9.38 Å². The average molecular weight is 465 g/mol. The normalized spacial score (nSPS) is 14.4. The van der Waals surface area contributed by atoms with E-state index in [0.29, 0.717) is 29.2 Å². The van der Waals surface area contributed by atoms with Crippen molar-refractivity contribution in [3.63, 3.8) is 0 Å². The van der Waals surface area contributed by atoms with Crippen LogP contribution in [0.25, 0.3) is 33.4 Å². The molecule has 0 saturated heterocycles. The molecule has 1 fully saturated rings. The number of halogens is 4. The van der Waals surface area contributed by atoms with Gasteiger partial charge in [-0.2, -0.15) is 13.2 Å². The number of hydrogen-bond acceptors (Lipinski definition) is 3. The maximum atomic E-state index is 15.3. The smallest absolute Gasteiger partial charge is 0.312 e. The number of rotatable bonds is 4. The first-order valence-electron chi connectivity index (χ1n) is 11.0. The fraction of sp³-hybridized carbons (Fsp3) is 0.240. The second-order valence-electron chi connectivity index (χ2n) is 8.80. The molecule has 0 bridgehead atoms. The first-order valence-corrected chi connectivity index (χ1v) is 11.0. The van der Waals surface area contributed by atoms with Crippen molar-refractivity contribution in [3.05, 3.63) is 77.9 Å². The summed E-state index contributed by atoms with van der Waals surface area (Å²) in [6, 6.07) is 9.39. The van der Waals surface area contributed by atoms with Gasteiger partial charge in [0.25, 0.3) is 0 Å². The van der Waals surface area contributed by atoms with Gasteiger partial charge in [0.05, 0.1) is 17.4 Å². The molecule has 4 heterocycles. The second kappa shape index (κ2) is 7.38.